The predicted octanol–water partition coefficient (Wildman–Crippen LogP) is 3.05. The summed E-state index contributed by atoms with van der Waals surface area (Å²) in [6.45, 7) is 0.749. The fourth-order valence-corrected chi connectivity index (χ4v) is 2.92. The molecule has 0 N–H and O–H groups in total. The number of allylic oxidation sites excluding steroid dienone is 2. The number of ketones is 1. The molecule has 0 bridgehead atoms. The summed E-state index contributed by atoms with van der Waals surface area (Å²) in [5, 5.41) is 0. The van der Waals surface area contributed by atoms with Gasteiger partial charge in [-0.15, -0.1) is 0 Å². The Morgan fingerprint density at radius 3 is 2.76 bits per heavy atom. The summed E-state index contributed by atoms with van der Waals surface area (Å²) in [6, 6.07) is 10.5. The third-order valence-corrected chi connectivity index (χ3v) is 3.73. The topological polar surface area (TPSA) is 26.3 Å². The molecule has 0 aromatic heterocycles. The van der Waals surface area contributed by atoms with Gasteiger partial charge in [0.05, 0.1) is 6.61 Å². The Labute approximate surface area is 101 Å². The van der Waals surface area contributed by atoms with E-state index < -0.39 is 0 Å². The van der Waals surface area contributed by atoms with Crippen molar-refractivity contribution in [3.8, 4) is 0 Å². The minimum Gasteiger partial charge on any atom is -0.497 e. The molecule has 1 saturated heterocycles. The first-order valence-electron chi connectivity index (χ1n) is 6.27. The van der Waals surface area contributed by atoms with Gasteiger partial charge in [-0.05, 0) is 24.3 Å². The van der Waals surface area contributed by atoms with Crippen molar-refractivity contribution in [3.63, 3.8) is 0 Å². The molecule has 0 radical (unpaired) electrons. The number of carbonyl (C=O) groups is 1. The predicted molar refractivity (Wildman–Crippen MR) is 65.6 cm³/mol. The van der Waals surface area contributed by atoms with Gasteiger partial charge in [0.1, 0.15) is 5.76 Å². The smallest absolute Gasteiger partial charge is 0.159 e. The molecule has 1 aliphatic carbocycles. The van der Waals surface area contributed by atoms with E-state index in [9.17, 15) is 4.79 Å². The second-order valence-corrected chi connectivity index (χ2v) is 4.83. The standard InChI is InChI=1S/C15H16O2/c16-12-9-14-13(11-5-2-1-3-6-11)7-4-8-17-15(14)10-12/h1-3,5-6,10,13-14H,4,7-9H2/t13-,14+/m1/s1. The number of hydrogen-bond acceptors (Lipinski definition) is 2. The van der Waals surface area contributed by atoms with Crippen LogP contribution in [0.25, 0.3) is 0 Å². The Hall–Kier alpha value is -1.57. The summed E-state index contributed by atoms with van der Waals surface area (Å²) >= 11 is 0. The molecule has 2 heteroatoms. The van der Waals surface area contributed by atoms with Gasteiger partial charge in [-0.1, -0.05) is 30.3 Å². The maximum Gasteiger partial charge on any atom is 0.159 e. The van der Waals surface area contributed by atoms with E-state index in [1.54, 1.807) is 6.08 Å². The monoisotopic (exact) mass is 228 g/mol. The lowest BCUT2D eigenvalue weighted by Gasteiger charge is -2.22. The van der Waals surface area contributed by atoms with Crippen molar-refractivity contribution in [1.82, 2.24) is 0 Å². The highest BCUT2D eigenvalue weighted by molar-refractivity contribution is 5.93. The Bertz CT molecular complexity index is 447. The molecule has 3 rings (SSSR count). The lowest BCUT2D eigenvalue weighted by Crippen LogP contribution is -2.12. The van der Waals surface area contributed by atoms with Crippen LogP contribution in [0.15, 0.2) is 42.2 Å². The van der Waals surface area contributed by atoms with Crippen LogP contribution in [-0.2, 0) is 9.53 Å². The molecule has 2 nitrogen and oxygen atoms in total. The largest absolute Gasteiger partial charge is 0.497 e. The fourth-order valence-electron chi connectivity index (χ4n) is 2.92. The first-order valence-corrected chi connectivity index (χ1v) is 6.27. The Morgan fingerprint density at radius 2 is 1.94 bits per heavy atom. The van der Waals surface area contributed by atoms with Crippen molar-refractivity contribution in [1.29, 1.82) is 0 Å². The number of benzene rings is 1. The maximum atomic E-state index is 11.5. The van der Waals surface area contributed by atoms with E-state index in [1.165, 1.54) is 5.56 Å². The van der Waals surface area contributed by atoms with Crippen LogP contribution in [0.1, 0.15) is 30.7 Å². The molecule has 1 aromatic rings. The van der Waals surface area contributed by atoms with Crippen LogP contribution in [-0.4, -0.2) is 12.4 Å². The van der Waals surface area contributed by atoms with Crippen molar-refractivity contribution < 1.29 is 9.53 Å². The second-order valence-electron chi connectivity index (χ2n) is 4.83. The molecule has 1 fully saturated rings. The first-order chi connectivity index (χ1) is 8.34. The van der Waals surface area contributed by atoms with Crippen molar-refractivity contribution >= 4 is 5.78 Å². The molecule has 0 unspecified atom stereocenters. The van der Waals surface area contributed by atoms with E-state index in [2.05, 4.69) is 24.3 Å². The van der Waals surface area contributed by atoms with Crippen molar-refractivity contribution in [2.24, 2.45) is 5.92 Å². The number of fused-ring (bicyclic) bond motifs is 1. The van der Waals surface area contributed by atoms with E-state index in [0.717, 1.165) is 25.2 Å². The minimum absolute atomic E-state index is 0.216. The van der Waals surface area contributed by atoms with Crippen molar-refractivity contribution in [3.05, 3.63) is 47.7 Å². The molecule has 88 valence electrons. The van der Waals surface area contributed by atoms with Crippen molar-refractivity contribution in [2.75, 3.05) is 6.61 Å². The average Bonchev–Trinajstić information content (AvgIpc) is 2.61. The lowest BCUT2D eigenvalue weighted by molar-refractivity contribution is -0.114. The van der Waals surface area contributed by atoms with Gasteiger partial charge in [0, 0.05) is 18.4 Å². The maximum absolute atomic E-state index is 11.5. The van der Waals surface area contributed by atoms with Crippen LogP contribution in [0.2, 0.25) is 0 Å². The molecule has 0 spiro atoms. The minimum atomic E-state index is 0.216. The highest BCUT2D eigenvalue weighted by atomic mass is 16.5. The van der Waals surface area contributed by atoms with E-state index in [1.807, 2.05) is 6.07 Å². The van der Waals surface area contributed by atoms with Crippen LogP contribution < -0.4 is 0 Å². The highest BCUT2D eigenvalue weighted by Crippen LogP contribution is 2.42. The lowest BCUT2D eigenvalue weighted by atomic mass is 9.82. The summed E-state index contributed by atoms with van der Waals surface area (Å²) in [5.41, 5.74) is 1.34. The molecule has 1 aromatic carbocycles. The molecular formula is C15H16O2. The molecule has 2 aliphatic rings. The number of rotatable bonds is 1. The second kappa shape index (κ2) is 4.36. The van der Waals surface area contributed by atoms with Gasteiger partial charge < -0.3 is 4.74 Å². The first kappa shape index (κ1) is 10.6. The summed E-state index contributed by atoms with van der Waals surface area (Å²) in [7, 11) is 0. The van der Waals surface area contributed by atoms with Crippen LogP contribution in [0.4, 0.5) is 0 Å². The molecular weight excluding hydrogens is 212 g/mol. The number of ether oxygens (including phenoxy) is 1. The van der Waals surface area contributed by atoms with E-state index in [0.29, 0.717) is 12.3 Å². The molecule has 1 heterocycles. The molecule has 1 aliphatic heterocycles. The van der Waals surface area contributed by atoms with Gasteiger partial charge in [0.25, 0.3) is 0 Å². The van der Waals surface area contributed by atoms with Crippen LogP contribution in [0.5, 0.6) is 0 Å². The van der Waals surface area contributed by atoms with Gasteiger partial charge in [0.15, 0.2) is 5.78 Å². The third kappa shape index (κ3) is 1.99. The van der Waals surface area contributed by atoms with Crippen LogP contribution >= 0.6 is 0 Å². The van der Waals surface area contributed by atoms with Gasteiger partial charge in [-0.3, -0.25) is 4.79 Å². The van der Waals surface area contributed by atoms with E-state index >= 15 is 0 Å². The van der Waals surface area contributed by atoms with Crippen LogP contribution in [0, 0.1) is 5.92 Å². The quantitative estimate of drug-likeness (QED) is 0.738. The zero-order valence-corrected chi connectivity index (χ0v) is 9.76. The Balaban J connectivity index is 1.93. The zero-order valence-electron chi connectivity index (χ0n) is 9.76. The van der Waals surface area contributed by atoms with Gasteiger partial charge in [-0.2, -0.15) is 0 Å². The SMILES string of the molecule is O=C1C=C2OCCC[C@H](c3ccccc3)[C@@H]2C1. The highest BCUT2D eigenvalue weighted by Gasteiger charge is 2.35. The third-order valence-electron chi connectivity index (χ3n) is 3.73. The van der Waals surface area contributed by atoms with Gasteiger partial charge in [-0.25, -0.2) is 0 Å². The molecule has 0 saturated carbocycles. The van der Waals surface area contributed by atoms with Crippen molar-refractivity contribution in [2.45, 2.75) is 25.2 Å². The normalized spacial score (nSPS) is 28.0. The molecule has 2 atom stereocenters. The number of hydrogen-bond donors (Lipinski definition) is 0. The van der Waals surface area contributed by atoms with E-state index in [-0.39, 0.29) is 11.7 Å². The summed E-state index contributed by atoms with van der Waals surface area (Å²) in [6.07, 6.45) is 4.50. The Kier molecular flexibility index (Phi) is 2.71. The van der Waals surface area contributed by atoms with E-state index in [4.69, 9.17) is 4.74 Å². The zero-order chi connectivity index (χ0) is 11.7. The van der Waals surface area contributed by atoms with Gasteiger partial charge >= 0.3 is 0 Å². The Morgan fingerprint density at radius 1 is 1.12 bits per heavy atom. The molecule has 17 heavy (non-hydrogen) atoms. The number of carbonyl (C=O) groups excluding carboxylic acids is 1. The summed E-state index contributed by atoms with van der Waals surface area (Å²) < 4.78 is 5.69. The van der Waals surface area contributed by atoms with Crippen LogP contribution in [0.3, 0.4) is 0 Å². The fraction of sp³-hybridized carbons (Fsp3) is 0.400. The summed E-state index contributed by atoms with van der Waals surface area (Å²) in [4.78, 5) is 11.5. The van der Waals surface area contributed by atoms with Gasteiger partial charge in [0.2, 0.25) is 0 Å². The molecule has 0 amide bonds. The summed E-state index contributed by atoms with van der Waals surface area (Å²) in [5.74, 6) is 1.85. The average molecular weight is 228 g/mol.